The normalized spacial score (nSPS) is 12.6. The second-order valence-electron chi connectivity index (χ2n) is 5.43. The first kappa shape index (κ1) is 16.7. The fraction of sp³-hybridized carbons (Fsp3) is 0.571. The van der Waals surface area contributed by atoms with E-state index in [4.69, 9.17) is 0 Å². The molecule has 0 bridgehead atoms. The van der Waals surface area contributed by atoms with Crippen molar-refractivity contribution in [2.45, 2.75) is 32.6 Å². The van der Waals surface area contributed by atoms with Crippen LogP contribution in [0.15, 0.2) is 33.6 Å². The highest BCUT2D eigenvalue weighted by atomic mass is 79.9. The third-order valence-corrected chi connectivity index (χ3v) is 5.78. The molecule has 0 aliphatic rings. The van der Waals surface area contributed by atoms with E-state index in [2.05, 4.69) is 48.3 Å². The highest BCUT2D eigenvalue weighted by molar-refractivity contribution is 9.10. The zero-order chi connectivity index (χ0) is 14.6. The Morgan fingerprint density at radius 1 is 1.11 bits per heavy atom. The van der Waals surface area contributed by atoms with Gasteiger partial charge in [0.1, 0.15) is 0 Å². The molecule has 0 atom stereocenters. The summed E-state index contributed by atoms with van der Waals surface area (Å²) in [6, 6.07) is 6.86. The van der Waals surface area contributed by atoms with E-state index in [1.165, 1.54) is 0 Å². The van der Waals surface area contributed by atoms with Crippen LogP contribution < -0.4 is 4.72 Å². The molecule has 19 heavy (non-hydrogen) atoms. The molecule has 0 radical (unpaired) electrons. The summed E-state index contributed by atoms with van der Waals surface area (Å²) >= 11 is 3.28. The first-order valence-corrected chi connectivity index (χ1v) is 8.77. The van der Waals surface area contributed by atoms with Crippen molar-refractivity contribution in [1.82, 2.24) is 4.72 Å². The number of sulfonamides is 1. The van der Waals surface area contributed by atoms with E-state index in [1.807, 2.05) is 0 Å². The molecule has 108 valence electrons. The first-order valence-electron chi connectivity index (χ1n) is 6.50. The quantitative estimate of drug-likeness (QED) is 0.853. The minimum absolute atomic E-state index is 0.293. The summed E-state index contributed by atoms with van der Waals surface area (Å²) in [6.45, 7) is 8.96. The van der Waals surface area contributed by atoms with Crippen LogP contribution in [0.4, 0.5) is 0 Å². The number of rotatable bonds is 6. The zero-order valence-corrected chi connectivity index (χ0v) is 14.3. The van der Waals surface area contributed by atoms with Gasteiger partial charge in [0.15, 0.2) is 0 Å². The van der Waals surface area contributed by atoms with Gasteiger partial charge in [-0.25, -0.2) is 13.1 Å². The van der Waals surface area contributed by atoms with E-state index in [0.717, 1.165) is 0 Å². The first-order chi connectivity index (χ1) is 8.75. The predicted molar refractivity (Wildman–Crippen MR) is 82.5 cm³/mol. The van der Waals surface area contributed by atoms with Gasteiger partial charge in [-0.1, -0.05) is 39.8 Å². The topological polar surface area (TPSA) is 46.2 Å². The fourth-order valence-corrected chi connectivity index (χ4v) is 4.26. The molecular weight excluding hydrogens is 326 g/mol. The van der Waals surface area contributed by atoms with E-state index < -0.39 is 10.0 Å². The summed E-state index contributed by atoms with van der Waals surface area (Å²) in [7, 11) is -3.45. The molecule has 0 unspecified atom stereocenters. The molecule has 0 aliphatic heterocycles. The molecule has 0 aromatic heterocycles. The third kappa shape index (κ3) is 4.58. The molecule has 0 spiro atoms. The largest absolute Gasteiger partial charge is 0.241 e. The van der Waals surface area contributed by atoms with Crippen molar-refractivity contribution in [2.24, 2.45) is 17.8 Å². The van der Waals surface area contributed by atoms with Crippen LogP contribution in [0.1, 0.15) is 27.7 Å². The molecule has 1 rings (SSSR count). The Labute approximate surface area is 125 Å². The van der Waals surface area contributed by atoms with Gasteiger partial charge in [0.2, 0.25) is 10.0 Å². The van der Waals surface area contributed by atoms with Gasteiger partial charge >= 0.3 is 0 Å². The Bertz CT molecular complexity index is 504. The van der Waals surface area contributed by atoms with Crippen LogP contribution in [0.3, 0.4) is 0 Å². The lowest BCUT2D eigenvalue weighted by molar-refractivity contribution is 0.289. The van der Waals surface area contributed by atoms with E-state index >= 15 is 0 Å². The molecule has 1 N–H and O–H groups in total. The van der Waals surface area contributed by atoms with Crippen LogP contribution >= 0.6 is 15.9 Å². The minimum Gasteiger partial charge on any atom is -0.211 e. The van der Waals surface area contributed by atoms with Crippen molar-refractivity contribution >= 4 is 26.0 Å². The van der Waals surface area contributed by atoms with Crippen LogP contribution in [0, 0.1) is 17.8 Å². The lowest BCUT2D eigenvalue weighted by Gasteiger charge is -2.25. The van der Waals surface area contributed by atoms with Crippen LogP contribution in [0.25, 0.3) is 0 Å². The standard InChI is InChI=1S/C14H22BrNO2S/c1-10(2)12(11(3)4)9-16-19(17,18)14-8-6-5-7-13(14)15/h5-8,10-12,16H,9H2,1-4H3. The second-order valence-corrected chi connectivity index (χ2v) is 8.02. The minimum atomic E-state index is -3.45. The Balaban J connectivity index is 2.84. The Hall–Kier alpha value is -0.390. The average molecular weight is 348 g/mol. The van der Waals surface area contributed by atoms with Crippen molar-refractivity contribution in [2.75, 3.05) is 6.54 Å². The van der Waals surface area contributed by atoms with Gasteiger partial charge in [-0.3, -0.25) is 0 Å². The van der Waals surface area contributed by atoms with Crippen molar-refractivity contribution < 1.29 is 8.42 Å². The Morgan fingerprint density at radius 2 is 1.63 bits per heavy atom. The third-order valence-electron chi connectivity index (χ3n) is 3.35. The molecule has 1 aromatic carbocycles. The summed E-state index contributed by atoms with van der Waals surface area (Å²) < 4.78 is 27.8. The molecule has 0 saturated heterocycles. The number of hydrogen-bond donors (Lipinski definition) is 1. The van der Waals surface area contributed by atoms with E-state index in [1.54, 1.807) is 24.3 Å². The molecule has 5 heteroatoms. The van der Waals surface area contributed by atoms with Gasteiger partial charge in [-0.05, 0) is 45.8 Å². The molecule has 1 aromatic rings. The van der Waals surface area contributed by atoms with Crippen molar-refractivity contribution in [3.63, 3.8) is 0 Å². The number of benzene rings is 1. The van der Waals surface area contributed by atoms with E-state index in [0.29, 0.717) is 33.7 Å². The summed E-state index contributed by atoms with van der Waals surface area (Å²) in [5.74, 6) is 1.22. The monoisotopic (exact) mass is 347 g/mol. The summed E-state index contributed by atoms with van der Waals surface area (Å²) in [6.07, 6.45) is 0. The SMILES string of the molecule is CC(C)C(CNS(=O)(=O)c1ccccc1Br)C(C)C. The van der Waals surface area contributed by atoms with Crippen molar-refractivity contribution in [3.8, 4) is 0 Å². The maximum atomic E-state index is 12.3. The molecule has 0 aliphatic carbocycles. The van der Waals surface area contributed by atoms with Gasteiger partial charge < -0.3 is 0 Å². The van der Waals surface area contributed by atoms with Gasteiger partial charge in [-0.2, -0.15) is 0 Å². The van der Waals surface area contributed by atoms with E-state index in [-0.39, 0.29) is 0 Å². The van der Waals surface area contributed by atoms with Gasteiger partial charge in [-0.15, -0.1) is 0 Å². The summed E-state index contributed by atoms with van der Waals surface area (Å²) in [5, 5.41) is 0. The highest BCUT2D eigenvalue weighted by Crippen LogP contribution is 2.23. The zero-order valence-electron chi connectivity index (χ0n) is 11.9. The van der Waals surface area contributed by atoms with Gasteiger partial charge in [0.25, 0.3) is 0 Å². The van der Waals surface area contributed by atoms with Gasteiger partial charge in [0, 0.05) is 11.0 Å². The molecular formula is C14H22BrNO2S. The molecule has 0 fully saturated rings. The van der Waals surface area contributed by atoms with Crippen LogP contribution in [-0.4, -0.2) is 15.0 Å². The van der Waals surface area contributed by atoms with Crippen LogP contribution in [-0.2, 0) is 10.0 Å². The predicted octanol–water partition coefficient (Wildman–Crippen LogP) is 3.66. The van der Waals surface area contributed by atoms with Crippen molar-refractivity contribution in [1.29, 1.82) is 0 Å². The number of halogens is 1. The lowest BCUT2D eigenvalue weighted by Crippen LogP contribution is -2.34. The summed E-state index contributed by atoms with van der Waals surface area (Å²) in [4.78, 5) is 0.293. The smallest absolute Gasteiger partial charge is 0.211 e. The lowest BCUT2D eigenvalue weighted by atomic mass is 9.86. The highest BCUT2D eigenvalue weighted by Gasteiger charge is 2.22. The Morgan fingerprint density at radius 3 is 2.11 bits per heavy atom. The number of nitrogens with one attached hydrogen (secondary N) is 1. The van der Waals surface area contributed by atoms with Gasteiger partial charge in [0.05, 0.1) is 4.90 Å². The fourth-order valence-electron chi connectivity index (χ4n) is 2.19. The maximum absolute atomic E-state index is 12.3. The molecule has 0 amide bonds. The van der Waals surface area contributed by atoms with Crippen LogP contribution in [0.5, 0.6) is 0 Å². The Kier molecular flexibility index (Phi) is 6.02. The summed E-state index contributed by atoms with van der Waals surface area (Å²) in [5.41, 5.74) is 0. The number of hydrogen-bond acceptors (Lipinski definition) is 2. The second kappa shape index (κ2) is 6.86. The molecule has 0 saturated carbocycles. The maximum Gasteiger partial charge on any atom is 0.241 e. The van der Waals surface area contributed by atoms with E-state index in [9.17, 15) is 8.42 Å². The molecule has 3 nitrogen and oxygen atoms in total. The molecule has 0 heterocycles. The average Bonchev–Trinajstić information content (AvgIpc) is 2.28. The van der Waals surface area contributed by atoms with Crippen LogP contribution in [0.2, 0.25) is 0 Å². The van der Waals surface area contributed by atoms with Crippen molar-refractivity contribution in [3.05, 3.63) is 28.7 Å².